The van der Waals surface area contributed by atoms with Gasteiger partial charge in [-0.1, -0.05) is 12.1 Å². The number of hydrogen-bond donors (Lipinski definition) is 1. The molecule has 1 saturated heterocycles. The average molecular weight is 280 g/mol. The second-order valence-electron chi connectivity index (χ2n) is 6.04. The van der Waals surface area contributed by atoms with Crippen molar-refractivity contribution in [3.63, 3.8) is 0 Å². The zero-order chi connectivity index (χ0) is 14.6. The van der Waals surface area contributed by atoms with Gasteiger partial charge in [-0.05, 0) is 45.0 Å². The maximum Gasteiger partial charge on any atom is 0.123 e. The fraction of sp³-hybridized carbons (Fsp3) is 0.625. The van der Waals surface area contributed by atoms with Gasteiger partial charge in [-0.2, -0.15) is 0 Å². The molecule has 20 heavy (non-hydrogen) atoms. The second-order valence-corrected chi connectivity index (χ2v) is 6.04. The SMILES string of the molecule is CNC(CCN1CCOCC1(C)C)c1cccc(F)c1. The van der Waals surface area contributed by atoms with Gasteiger partial charge in [0.25, 0.3) is 0 Å². The number of nitrogens with one attached hydrogen (secondary N) is 1. The Morgan fingerprint density at radius 1 is 1.45 bits per heavy atom. The smallest absolute Gasteiger partial charge is 0.123 e. The highest BCUT2D eigenvalue weighted by Crippen LogP contribution is 2.23. The summed E-state index contributed by atoms with van der Waals surface area (Å²) < 4.78 is 18.9. The van der Waals surface area contributed by atoms with Crippen LogP contribution in [-0.2, 0) is 4.74 Å². The van der Waals surface area contributed by atoms with Gasteiger partial charge in [0, 0.05) is 24.7 Å². The van der Waals surface area contributed by atoms with Crippen LogP contribution in [0.4, 0.5) is 4.39 Å². The summed E-state index contributed by atoms with van der Waals surface area (Å²) in [5.74, 6) is -0.172. The van der Waals surface area contributed by atoms with Crippen LogP contribution in [0.25, 0.3) is 0 Å². The Bertz CT molecular complexity index is 436. The van der Waals surface area contributed by atoms with Crippen molar-refractivity contribution in [3.05, 3.63) is 35.6 Å². The first-order chi connectivity index (χ1) is 9.53. The summed E-state index contributed by atoms with van der Waals surface area (Å²) in [5, 5.41) is 3.29. The van der Waals surface area contributed by atoms with Gasteiger partial charge in [0.1, 0.15) is 5.82 Å². The van der Waals surface area contributed by atoms with E-state index in [0.29, 0.717) is 0 Å². The summed E-state index contributed by atoms with van der Waals surface area (Å²) >= 11 is 0. The van der Waals surface area contributed by atoms with Gasteiger partial charge in [-0.15, -0.1) is 0 Å². The third-order valence-corrected chi connectivity index (χ3v) is 4.10. The Hall–Kier alpha value is -0.970. The van der Waals surface area contributed by atoms with E-state index in [0.717, 1.165) is 38.3 Å². The largest absolute Gasteiger partial charge is 0.378 e. The van der Waals surface area contributed by atoms with E-state index in [1.54, 1.807) is 12.1 Å². The Morgan fingerprint density at radius 3 is 2.90 bits per heavy atom. The predicted octanol–water partition coefficient (Wildman–Crippen LogP) is 2.59. The van der Waals surface area contributed by atoms with Crippen molar-refractivity contribution in [2.45, 2.75) is 31.8 Å². The Balaban J connectivity index is 1.97. The summed E-state index contributed by atoms with van der Waals surface area (Å²) in [6.45, 7) is 7.95. The van der Waals surface area contributed by atoms with E-state index in [1.165, 1.54) is 6.07 Å². The van der Waals surface area contributed by atoms with Crippen molar-refractivity contribution in [1.82, 2.24) is 10.2 Å². The van der Waals surface area contributed by atoms with Crippen molar-refractivity contribution in [1.29, 1.82) is 0 Å². The minimum atomic E-state index is -0.172. The molecule has 2 rings (SSSR count). The number of morpholine rings is 1. The molecular formula is C16H25FN2O. The molecule has 1 aliphatic rings. The summed E-state index contributed by atoms with van der Waals surface area (Å²) in [4.78, 5) is 2.46. The van der Waals surface area contributed by atoms with E-state index in [2.05, 4.69) is 24.1 Å². The number of hydrogen-bond acceptors (Lipinski definition) is 3. The molecule has 0 saturated carbocycles. The Kier molecular flexibility index (Phi) is 5.13. The summed E-state index contributed by atoms with van der Waals surface area (Å²) in [6.07, 6.45) is 0.962. The van der Waals surface area contributed by atoms with E-state index in [4.69, 9.17) is 4.74 Å². The van der Waals surface area contributed by atoms with Crippen LogP contribution in [0, 0.1) is 5.82 Å². The standard InChI is InChI=1S/C16H25FN2O/c1-16(2)12-20-10-9-19(16)8-7-15(18-3)13-5-4-6-14(17)11-13/h4-6,11,15,18H,7-10,12H2,1-3H3. The molecule has 0 amide bonds. The van der Waals surface area contributed by atoms with E-state index in [9.17, 15) is 4.39 Å². The molecular weight excluding hydrogens is 255 g/mol. The molecule has 4 heteroatoms. The van der Waals surface area contributed by atoms with Crippen LogP contribution < -0.4 is 5.32 Å². The van der Waals surface area contributed by atoms with Crippen LogP contribution in [0.2, 0.25) is 0 Å². The lowest BCUT2D eigenvalue weighted by atomic mass is 9.99. The normalized spacial score (nSPS) is 20.8. The Labute approximate surface area is 121 Å². The maximum atomic E-state index is 13.3. The van der Waals surface area contributed by atoms with Crippen LogP contribution in [-0.4, -0.2) is 43.8 Å². The molecule has 3 nitrogen and oxygen atoms in total. The van der Waals surface area contributed by atoms with E-state index in [1.807, 2.05) is 13.1 Å². The first kappa shape index (κ1) is 15.4. The molecule has 0 bridgehead atoms. The zero-order valence-corrected chi connectivity index (χ0v) is 12.7. The first-order valence-electron chi connectivity index (χ1n) is 7.28. The molecule has 112 valence electrons. The fourth-order valence-electron chi connectivity index (χ4n) is 2.79. The summed E-state index contributed by atoms with van der Waals surface area (Å²) in [5.41, 5.74) is 1.09. The number of ether oxygens (including phenoxy) is 1. The quantitative estimate of drug-likeness (QED) is 0.897. The highest BCUT2D eigenvalue weighted by atomic mass is 19.1. The lowest BCUT2D eigenvalue weighted by molar-refractivity contribution is -0.0520. The number of halogens is 1. The fourth-order valence-corrected chi connectivity index (χ4v) is 2.79. The number of rotatable bonds is 5. The van der Waals surface area contributed by atoms with Gasteiger partial charge in [0.15, 0.2) is 0 Å². The number of benzene rings is 1. The van der Waals surface area contributed by atoms with Gasteiger partial charge in [-0.25, -0.2) is 4.39 Å². The molecule has 1 atom stereocenters. The molecule has 0 aromatic heterocycles. The Morgan fingerprint density at radius 2 is 2.25 bits per heavy atom. The molecule has 1 N–H and O–H groups in total. The molecule has 0 spiro atoms. The number of nitrogens with zero attached hydrogens (tertiary/aromatic N) is 1. The third-order valence-electron chi connectivity index (χ3n) is 4.10. The molecule has 1 aromatic rings. The van der Waals surface area contributed by atoms with E-state index >= 15 is 0 Å². The van der Waals surface area contributed by atoms with Crippen molar-refractivity contribution in [2.24, 2.45) is 0 Å². The monoisotopic (exact) mass is 280 g/mol. The van der Waals surface area contributed by atoms with E-state index < -0.39 is 0 Å². The summed E-state index contributed by atoms with van der Waals surface area (Å²) in [7, 11) is 1.93. The van der Waals surface area contributed by atoms with Crippen LogP contribution in [0.5, 0.6) is 0 Å². The van der Waals surface area contributed by atoms with Crippen molar-refractivity contribution in [2.75, 3.05) is 33.4 Å². The van der Waals surface area contributed by atoms with Crippen molar-refractivity contribution < 1.29 is 9.13 Å². The first-order valence-corrected chi connectivity index (χ1v) is 7.28. The van der Waals surface area contributed by atoms with Crippen molar-refractivity contribution in [3.8, 4) is 0 Å². The van der Waals surface area contributed by atoms with Crippen molar-refractivity contribution >= 4 is 0 Å². The van der Waals surface area contributed by atoms with Gasteiger partial charge in [-0.3, -0.25) is 4.90 Å². The predicted molar refractivity (Wildman–Crippen MR) is 79.3 cm³/mol. The molecule has 0 aliphatic carbocycles. The van der Waals surface area contributed by atoms with Gasteiger partial charge in [0.05, 0.1) is 13.2 Å². The minimum Gasteiger partial charge on any atom is -0.378 e. The van der Waals surface area contributed by atoms with Crippen LogP contribution >= 0.6 is 0 Å². The van der Waals surface area contributed by atoms with Crippen LogP contribution in [0.15, 0.2) is 24.3 Å². The second kappa shape index (κ2) is 6.66. The van der Waals surface area contributed by atoms with Crippen LogP contribution in [0.1, 0.15) is 31.9 Å². The molecule has 1 aromatic carbocycles. The lowest BCUT2D eigenvalue weighted by Crippen LogP contribution is -2.53. The summed E-state index contributed by atoms with van der Waals surface area (Å²) in [6, 6.07) is 7.04. The van der Waals surface area contributed by atoms with E-state index in [-0.39, 0.29) is 17.4 Å². The molecule has 1 heterocycles. The van der Waals surface area contributed by atoms with Gasteiger partial charge >= 0.3 is 0 Å². The highest BCUT2D eigenvalue weighted by Gasteiger charge is 2.30. The average Bonchev–Trinajstić information content (AvgIpc) is 2.41. The topological polar surface area (TPSA) is 24.5 Å². The van der Waals surface area contributed by atoms with Gasteiger partial charge in [0.2, 0.25) is 0 Å². The maximum absolute atomic E-state index is 13.3. The zero-order valence-electron chi connectivity index (χ0n) is 12.7. The third kappa shape index (κ3) is 3.78. The molecule has 1 unspecified atom stereocenters. The highest BCUT2D eigenvalue weighted by molar-refractivity contribution is 5.20. The molecule has 1 aliphatic heterocycles. The molecule has 1 fully saturated rings. The lowest BCUT2D eigenvalue weighted by Gasteiger charge is -2.42. The minimum absolute atomic E-state index is 0.0818. The molecule has 0 radical (unpaired) electrons. The van der Waals surface area contributed by atoms with Crippen LogP contribution in [0.3, 0.4) is 0 Å². The van der Waals surface area contributed by atoms with Gasteiger partial charge < -0.3 is 10.1 Å².